The summed E-state index contributed by atoms with van der Waals surface area (Å²) in [7, 11) is 0. The Hall–Kier alpha value is -1.14. The molecule has 0 spiro atoms. The highest BCUT2D eigenvalue weighted by atomic mass is 16.8. The summed E-state index contributed by atoms with van der Waals surface area (Å²) in [6.07, 6.45) is 0.418. The maximum Gasteiger partial charge on any atom is 0.304 e. The van der Waals surface area contributed by atoms with E-state index >= 15 is 0 Å². The Morgan fingerprint density at radius 1 is 0.950 bits per heavy atom. The third-order valence-corrected chi connectivity index (χ3v) is 4.69. The summed E-state index contributed by atoms with van der Waals surface area (Å²) in [5.41, 5.74) is 0. The molecule has 0 amide bonds. The molecule has 2 aliphatic heterocycles. The van der Waals surface area contributed by atoms with Crippen molar-refractivity contribution in [3.05, 3.63) is 0 Å². The molecule has 0 bridgehead atoms. The van der Waals surface area contributed by atoms with Crippen molar-refractivity contribution in [3.63, 3.8) is 0 Å². The van der Waals surface area contributed by atoms with Gasteiger partial charge in [0.1, 0.15) is 0 Å². The molecule has 7 atom stereocenters. The van der Waals surface area contributed by atoms with Crippen LogP contribution >= 0.6 is 0 Å². The maximum atomic E-state index is 11.2. The van der Waals surface area contributed by atoms with Gasteiger partial charge >= 0.3 is 11.9 Å². The molecule has 0 aromatic heterocycles. The number of carbonyl (C=O) groups is 2. The van der Waals surface area contributed by atoms with Gasteiger partial charge in [0.15, 0.2) is 6.29 Å². The SMILES string of the molecule is CC(=O)O[C@H]1O[C@@H]2O[C@@H](OC(C)=O)[C@@H]3CC[C@H]([C@@H]1C)[C@H]23. The summed E-state index contributed by atoms with van der Waals surface area (Å²) < 4.78 is 21.9. The van der Waals surface area contributed by atoms with E-state index in [1.807, 2.05) is 6.92 Å². The lowest BCUT2D eigenvalue weighted by Crippen LogP contribution is -2.45. The second-order valence-corrected chi connectivity index (χ2v) is 5.94. The quantitative estimate of drug-likeness (QED) is 0.714. The largest absolute Gasteiger partial charge is 0.436 e. The van der Waals surface area contributed by atoms with Crippen LogP contribution in [0.15, 0.2) is 0 Å². The second kappa shape index (κ2) is 5.00. The summed E-state index contributed by atoms with van der Waals surface area (Å²) in [5.74, 6) is 0.218. The van der Waals surface area contributed by atoms with E-state index in [1.165, 1.54) is 13.8 Å². The van der Waals surface area contributed by atoms with Gasteiger partial charge in [-0.05, 0) is 18.8 Å². The first-order valence-corrected chi connectivity index (χ1v) is 7.12. The zero-order valence-corrected chi connectivity index (χ0v) is 11.9. The Labute approximate surface area is 117 Å². The van der Waals surface area contributed by atoms with Crippen LogP contribution in [0.25, 0.3) is 0 Å². The van der Waals surface area contributed by atoms with Crippen molar-refractivity contribution in [2.75, 3.05) is 0 Å². The number of ether oxygens (including phenoxy) is 4. The number of esters is 2. The van der Waals surface area contributed by atoms with Crippen LogP contribution in [0.3, 0.4) is 0 Å². The van der Waals surface area contributed by atoms with Gasteiger partial charge in [0, 0.05) is 31.6 Å². The highest BCUT2D eigenvalue weighted by Gasteiger charge is 2.59. The molecule has 1 aliphatic carbocycles. The highest BCUT2D eigenvalue weighted by molar-refractivity contribution is 5.66. The standard InChI is InChI=1S/C14H20O6/c1-6-9-4-5-10-11(9)14(19-12(6)17-7(2)15)20-13(10)18-8(3)16/h6,9-14H,4-5H2,1-3H3/t6-,9+,10+,11-,12-,13+,14+/m0/s1. The van der Waals surface area contributed by atoms with Gasteiger partial charge in [-0.3, -0.25) is 9.59 Å². The second-order valence-electron chi connectivity index (χ2n) is 5.94. The molecular formula is C14H20O6. The van der Waals surface area contributed by atoms with Gasteiger partial charge in [0.05, 0.1) is 0 Å². The van der Waals surface area contributed by atoms with Crippen molar-refractivity contribution < 1.29 is 28.5 Å². The third kappa shape index (κ3) is 2.20. The summed E-state index contributed by atoms with van der Waals surface area (Å²) >= 11 is 0. The molecule has 0 aromatic carbocycles. The molecule has 0 aromatic rings. The lowest BCUT2D eigenvalue weighted by Gasteiger charge is -2.39. The Balaban J connectivity index is 1.76. The van der Waals surface area contributed by atoms with Gasteiger partial charge in [-0.25, -0.2) is 0 Å². The molecule has 3 aliphatic rings. The normalized spacial score (nSPS) is 45.9. The van der Waals surface area contributed by atoms with Gasteiger partial charge in [0.2, 0.25) is 12.6 Å². The van der Waals surface area contributed by atoms with Crippen molar-refractivity contribution in [1.82, 2.24) is 0 Å². The van der Waals surface area contributed by atoms with Crippen LogP contribution in [-0.4, -0.2) is 30.8 Å². The first-order valence-electron chi connectivity index (χ1n) is 7.12. The van der Waals surface area contributed by atoms with Gasteiger partial charge in [-0.1, -0.05) is 6.92 Å². The highest BCUT2D eigenvalue weighted by Crippen LogP contribution is 2.55. The first-order chi connectivity index (χ1) is 9.47. The Bertz CT molecular complexity index is 422. The van der Waals surface area contributed by atoms with Gasteiger partial charge in [0.25, 0.3) is 0 Å². The summed E-state index contributed by atoms with van der Waals surface area (Å²) in [5, 5.41) is 0. The fourth-order valence-corrected chi connectivity index (χ4v) is 3.90. The zero-order valence-electron chi connectivity index (χ0n) is 11.9. The molecule has 20 heavy (non-hydrogen) atoms. The molecule has 3 rings (SSSR count). The van der Waals surface area contributed by atoms with Crippen LogP contribution in [0.4, 0.5) is 0 Å². The van der Waals surface area contributed by atoms with Crippen molar-refractivity contribution in [2.45, 2.75) is 52.5 Å². The lowest BCUT2D eigenvalue weighted by molar-refractivity contribution is -0.303. The molecule has 0 radical (unpaired) electrons. The minimum atomic E-state index is -0.575. The molecule has 112 valence electrons. The molecule has 0 unspecified atom stereocenters. The van der Waals surface area contributed by atoms with Crippen LogP contribution in [-0.2, 0) is 28.5 Å². The van der Waals surface area contributed by atoms with Crippen LogP contribution in [0.5, 0.6) is 0 Å². The average Bonchev–Trinajstić information content (AvgIpc) is 2.89. The third-order valence-electron chi connectivity index (χ3n) is 4.69. The minimum Gasteiger partial charge on any atom is -0.436 e. The van der Waals surface area contributed by atoms with E-state index < -0.39 is 18.9 Å². The van der Waals surface area contributed by atoms with E-state index in [0.717, 1.165) is 12.8 Å². The van der Waals surface area contributed by atoms with Gasteiger partial charge < -0.3 is 18.9 Å². The maximum absolute atomic E-state index is 11.2. The monoisotopic (exact) mass is 284 g/mol. The van der Waals surface area contributed by atoms with E-state index in [4.69, 9.17) is 18.9 Å². The van der Waals surface area contributed by atoms with Crippen LogP contribution < -0.4 is 0 Å². The molecule has 1 saturated carbocycles. The van der Waals surface area contributed by atoms with E-state index in [9.17, 15) is 9.59 Å². The molecule has 3 fully saturated rings. The van der Waals surface area contributed by atoms with E-state index in [1.54, 1.807) is 0 Å². The fraction of sp³-hybridized carbons (Fsp3) is 0.857. The topological polar surface area (TPSA) is 71.1 Å². The smallest absolute Gasteiger partial charge is 0.304 e. The Kier molecular flexibility index (Phi) is 3.46. The lowest BCUT2D eigenvalue weighted by atomic mass is 9.80. The van der Waals surface area contributed by atoms with Crippen LogP contribution in [0, 0.1) is 23.7 Å². The minimum absolute atomic E-state index is 0.129. The summed E-state index contributed by atoms with van der Waals surface area (Å²) in [4.78, 5) is 22.3. The fourth-order valence-electron chi connectivity index (χ4n) is 3.90. The predicted octanol–water partition coefficient (Wildman–Crippen LogP) is 1.43. The molecular weight excluding hydrogens is 264 g/mol. The van der Waals surface area contributed by atoms with E-state index in [2.05, 4.69) is 0 Å². The van der Waals surface area contributed by atoms with Crippen molar-refractivity contribution in [1.29, 1.82) is 0 Å². The predicted molar refractivity (Wildman–Crippen MR) is 65.9 cm³/mol. The molecule has 2 saturated heterocycles. The van der Waals surface area contributed by atoms with E-state index in [0.29, 0.717) is 5.92 Å². The zero-order chi connectivity index (χ0) is 14.4. The summed E-state index contributed by atoms with van der Waals surface area (Å²) in [6, 6.07) is 0. The summed E-state index contributed by atoms with van der Waals surface area (Å²) in [6.45, 7) is 4.79. The molecule has 2 heterocycles. The van der Waals surface area contributed by atoms with Crippen LogP contribution in [0.2, 0.25) is 0 Å². The Morgan fingerprint density at radius 3 is 2.15 bits per heavy atom. The van der Waals surface area contributed by atoms with Gasteiger partial charge in [-0.2, -0.15) is 0 Å². The molecule has 0 N–H and O–H groups in total. The Morgan fingerprint density at radius 2 is 1.50 bits per heavy atom. The van der Waals surface area contributed by atoms with Gasteiger partial charge in [-0.15, -0.1) is 0 Å². The number of carbonyl (C=O) groups excluding carboxylic acids is 2. The number of rotatable bonds is 2. The number of hydrogen-bond acceptors (Lipinski definition) is 6. The van der Waals surface area contributed by atoms with Crippen molar-refractivity contribution >= 4 is 11.9 Å². The molecule has 6 heteroatoms. The molecule has 6 nitrogen and oxygen atoms in total. The van der Waals surface area contributed by atoms with Crippen LogP contribution in [0.1, 0.15) is 33.6 Å². The average molecular weight is 284 g/mol. The van der Waals surface area contributed by atoms with E-state index in [-0.39, 0.29) is 29.7 Å². The van der Waals surface area contributed by atoms with Crippen molar-refractivity contribution in [2.24, 2.45) is 23.7 Å². The van der Waals surface area contributed by atoms with Crippen molar-refractivity contribution in [3.8, 4) is 0 Å². The first kappa shape index (κ1) is 13.8. The number of hydrogen-bond donors (Lipinski definition) is 0.